The van der Waals surface area contributed by atoms with E-state index < -0.39 is 5.60 Å². The highest BCUT2D eigenvalue weighted by molar-refractivity contribution is 5.25. The minimum atomic E-state index is -0.519. The lowest BCUT2D eigenvalue weighted by molar-refractivity contribution is -0.0575. The van der Waals surface area contributed by atoms with Gasteiger partial charge in [0.05, 0.1) is 11.7 Å². The van der Waals surface area contributed by atoms with Crippen molar-refractivity contribution in [3.63, 3.8) is 0 Å². The van der Waals surface area contributed by atoms with Crippen molar-refractivity contribution in [2.75, 3.05) is 0 Å². The second kappa shape index (κ2) is 7.66. The SMILES string of the molecule is CC(CCCC(C)(C)O)C1CC[C@H]2[C@@H]3CC=C4C[C@@H](O)CC[C@]4(C)[C@H]3CC[C@]12C. The molecule has 0 heterocycles. The summed E-state index contributed by atoms with van der Waals surface area (Å²) >= 11 is 0. The molecule has 8 atom stereocenters. The lowest BCUT2D eigenvalue weighted by Gasteiger charge is -2.58. The summed E-state index contributed by atoms with van der Waals surface area (Å²) < 4.78 is 0. The monoisotopic (exact) mass is 402 g/mol. The van der Waals surface area contributed by atoms with Crippen LogP contribution >= 0.6 is 0 Å². The molecule has 0 saturated heterocycles. The first-order chi connectivity index (χ1) is 13.5. The lowest BCUT2D eigenvalue weighted by Crippen LogP contribution is -2.50. The quantitative estimate of drug-likeness (QED) is 0.515. The van der Waals surface area contributed by atoms with Gasteiger partial charge in [-0.25, -0.2) is 0 Å². The van der Waals surface area contributed by atoms with Gasteiger partial charge in [0, 0.05) is 0 Å². The van der Waals surface area contributed by atoms with Gasteiger partial charge in [0.2, 0.25) is 0 Å². The van der Waals surface area contributed by atoms with Crippen molar-refractivity contribution in [1.82, 2.24) is 0 Å². The van der Waals surface area contributed by atoms with Gasteiger partial charge in [-0.2, -0.15) is 0 Å². The molecule has 0 spiro atoms. The van der Waals surface area contributed by atoms with E-state index in [4.69, 9.17) is 0 Å². The second-order valence-corrected chi connectivity index (χ2v) is 12.6. The van der Waals surface area contributed by atoms with Crippen molar-refractivity contribution in [1.29, 1.82) is 0 Å². The Morgan fingerprint density at radius 1 is 1.10 bits per heavy atom. The molecular weight excluding hydrogens is 356 g/mol. The molecule has 0 radical (unpaired) electrons. The summed E-state index contributed by atoms with van der Waals surface area (Å²) in [5.41, 5.74) is 1.95. The zero-order valence-corrected chi connectivity index (χ0v) is 19.7. The highest BCUT2D eigenvalue weighted by Gasteiger charge is 2.59. The number of hydrogen-bond acceptors (Lipinski definition) is 2. The van der Waals surface area contributed by atoms with E-state index in [-0.39, 0.29) is 6.10 Å². The normalized spacial score (nSPS) is 45.8. The molecule has 0 aromatic carbocycles. The standard InChI is InChI=1S/C27H46O2/c1-18(7-6-14-25(2,3)29)22-10-11-23-21-9-8-19-17-20(28)12-15-26(19,4)24(21)13-16-27(22,23)5/h8,18,20-24,28-29H,6-7,9-17H2,1-5H3/t18?,20-,21-,22?,23-,24-,26-,27+/m0/s1. The van der Waals surface area contributed by atoms with Crippen LogP contribution in [0.25, 0.3) is 0 Å². The van der Waals surface area contributed by atoms with E-state index in [1.165, 1.54) is 44.9 Å². The van der Waals surface area contributed by atoms with E-state index in [1.54, 1.807) is 5.57 Å². The van der Waals surface area contributed by atoms with E-state index in [1.807, 2.05) is 13.8 Å². The van der Waals surface area contributed by atoms with Crippen LogP contribution in [0, 0.1) is 40.4 Å². The molecule has 2 unspecified atom stereocenters. The first-order valence-electron chi connectivity index (χ1n) is 12.6. The molecule has 0 aliphatic heterocycles. The number of rotatable bonds is 5. The molecule has 2 N–H and O–H groups in total. The zero-order valence-electron chi connectivity index (χ0n) is 19.7. The maximum Gasteiger partial charge on any atom is 0.0591 e. The fourth-order valence-electron chi connectivity index (χ4n) is 8.67. The summed E-state index contributed by atoms with van der Waals surface area (Å²) in [4.78, 5) is 0. The highest BCUT2D eigenvalue weighted by atomic mass is 16.3. The van der Waals surface area contributed by atoms with Crippen molar-refractivity contribution in [2.45, 2.75) is 117 Å². The van der Waals surface area contributed by atoms with Crippen molar-refractivity contribution in [3.05, 3.63) is 11.6 Å². The molecule has 3 saturated carbocycles. The molecular formula is C27H46O2. The smallest absolute Gasteiger partial charge is 0.0591 e. The lowest BCUT2D eigenvalue weighted by atomic mass is 9.47. The minimum Gasteiger partial charge on any atom is -0.393 e. The number of fused-ring (bicyclic) bond motifs is 5. The van der Waals surface area contributed by atoms with E-state index in [0.29, 0.717) is 10.8 Å². The van der Waals surface area contributed by atoms with Crippen molar-refractivity contribution in [3.8, 4) is 0 Å². The summed E-state index contributed by atoms with van der Waals surface area (Å²) in [6, 6.07) is 0. The van der Waals surface area contributed by atoms with Crippen molar-refractivity contribution >= 4 is 0 Å². The molecule has 0 bridgehead atoms. The average Bonchev–Trinajstić information content (AvgIpc) is 2.98. The van der Waals surface area contributed by atoms with Crippen LogP contribution in [-0.4, -0.2) is 21.9 Å². The molecule has 166 valence electrons. The van der Waals surface area contributed by atoms with Crippen LogP contribution in [0.3, 0.4) is 0 Å². The Kier molecular flexibility index (Phi) is 5.78. The minimum absolute atomic E-state index is 0.0969. The van der Waals surface area contributed by atoms with Crippen LogP contribution in [0.15, 0.2) is 11.6 Å². The molecule has 0 aromatic heterocycles. The summed E-state index contributed by atoms with van der Waals surface area (Å²) in [5.74, 6) is 4.24. The van der Waals surface area contributed by atoms with Crippen LogP contribution in [0.5, 0.6) is 0 Å². The maximum atomic E-state index is 10.2. The van der Waals surface area contributed by atoms with Crippen LogP contribution < -0.4 is 0 Å². The first-order valence-corrected chi connectivity index (χ1v) is 12.6. The summed E-state index contributed by atoms with van der Waals surface area (Å²) in [5, 5.41) is 20.3. The second-order valence-electron chi connectivity index (χ2n) is 12.6. The number of aliphatic hydroxyl groups is 2. The van der Waals surface area contributed by atoms with E-state index in [2.05, 4.69) is 26.8 Å². The Hall–Kier alpha value is -0.340. The molecule has 29 heavy (non-hydrogen) atoms. The summed E-state index contributed by atoms with van der Waals surface area (Å²) in [7, 11) is 0. The number of aliphatic hydroxyl groups excluding tert-OH is 1. The third-order valence-electron chi connectivity index (χ3n) is 10.3. The average molecular weight is 403 g/mol. The van der Waals surface area contributed by atoms with Crippen molar-refractivity contribution < 1.29 is 10.2 Å². The van der Waals surface area contributed by atoms with Crippen molar-refractivity contribution in [2.24, 2.45) is 40.4 Å². The third-order valence-corrected chi connectivity index (χ3v) is 10.3. The van der Waals surface area contributed by atoms with Gasteiger partial charge in [0.25, 0.3) is 0 Å². The molecule has 4 aliphatic rings. The van der Waals surface area contributed by atoms with E-state index in [9.17, 15) is 10.2 Å². The molecule has 2 nitrogen and oxygen atoms in total. The topological polar surface area (TPSA) is 40.5 Å². The van der Waals surface area contributed by atoms with Crippen LogP contribution in [0.4, 0.5) is 0 Å². The van der Waals surface area contributed by atoms with Gasteiger partial charge in [-0.1, -0.05) is 45.3 Å². The fraction of sp³-hybridized carbons (Fsp3) is 0.926. The molecule has 3 fully saturated rings. The Morgan fingerprint density at radius 3 is 2.59 bits per heavy atom. The van der Waals surface area contributed by atoms with Crippen LogP contribution in [0.2, 0.25) is 0 Å². The van der Waals surface area contributed by atoms with Crippen LogP contribution in [-0.2, 0) is 0 Å². The van der Waals surface area contributed by atoms with Crippen LogP contribution in [0.1, 0.15) is 105 Å². The van der Waals surface area contributed by atoms with E-state index >= 15 is 0 Å². The molecule has 4 rings (SSSR count). The highest BCUT2D eigenvalue weighted by Crippen LogP contribution is 2.67. The predicted molar refractivity (Wildman–Crippen MR) is 121 cm³/mol. The van der Waals surface area contributed by atoms with Gasteiger partial charge in [0.15, 0.2) is 0 Å². The van der Waals surface area contributed by atoms with Gasteiger partial charge in [-0.3, -0.25) is 0 Å². The number of hydrogen-bond donors (Lipinski definition) is 2. The van der Waals surface area contributed by atoms with Gasteiger partial charge < -0.3 is 10.2 Å². The molecule has 2 heteroatoms. The summed E-state index contributed by atoms with van der Waals surface area (Å²) in [6.07, 6.45) is 15.9. The maximum absolute atomic E-state index is 10.2. The van der Waals surface area contributed by atoms with Gasteiger partial charge in [0.1, 0.15) is 0 Å². The Bertz CT molecular complexity index is 631. The number of allylic oxidation sites excluding steroid dienone is 1. The van der Waals surface area contributed by atoms with Gasteiger partial charge >= 0.3 is 0 Å². The summed E-state index contributed by atoms with van der Waals surface area (Å²) in [6.45, 7) is 11.6. The Balaban J connectivity index is 1.47. The predicted octanol–water partition coefficient (Wildman–Crippen LogP) is 6.50. The molecule has 0 aromatic rings. The fourth-order valence-corrected chi connectivity index (χ4v) is 8.67. The van der Waals surface area contributed by atoms with Gasteiger partial charge in [-0.15, -0.1) is 0 Å². The first kappa shape index (κ1) is 21.9. The van der Waals surface area contributed by atoms with Gasteiger partial charge in [-0.05, 0) is 112 Å². The molecule has 0 amide bonds. The Morgan fingerprint density at radius 2 is 1.86 bits per heavy atom. The third kappa shape index (κ3) is 3.86. The van der Waals surface area contributed by atoms with E-state index in [0.717, 1.165) is 55.3 Å². The zero-order chi connectivity index (χ0) is 21.0. The largest absolute Gasteiger partial charge is 0.393 e. The Labute approximate surface area is 179 Å². The molecule has 4 aliphatic carbocycles.